The maximum atomic E-state index is 12.0. The van der Waals surface area contributed by atoms with Crippen molar-refractivity contribution in [3.63, 3.8) is 0 Å². The van der Waals surface area contributed by atoms with Crippen LogP contribution in [0.2, 0.25) is 0 Å². The van der Waals surface area contributed by atoms with Crippen LogP contribution in [-0.4, -0.2) is 26.0 Å². The molecule has 0 aliphatic heterocycles. The van der Waals surface area contributed by atoms with Crippen molar-refractivity contribution in [3.05, 3.63) is 18.0 Å². The SMILES string of the molecule is CCCn1cc(S(=O)(=O)NCC(F)F)cc1CN. The normalized spacial score (nSPS) is 12.3. The van der Waals surface area contributed by atoms with E-state index in [0.29, 0.717) is 12.2 Å². The third-order valence-electron chi connectivity index (χ3n) is 2.37. The summed E-state index contributed by atoms with van der Waals surface area (Å²) in [5, 5.41) is 0. The first-order valence-electron chi connectivity index (χ1n) is 5.57. The lowest BCUT2D eigenvalue weighted by molar-refractivity contribution is 0.153. The molecule has 8 heteroatoms. The Morgan fingerprint density at radius 1 is 1.50 bits per heavy atom. The average Bonchev–Trinajstić information content (AvgIpc) is 2.71. The summed E-state index contributed by atoms with van der Waals surface area (Å²) < 4.78 is 51.0. The van der Waals surface area contributed by atoms with Crippen LogP contribution >= 0.6 is 0 Å². The van der Waals surface area contributed by atoms with Gasteiger partial charge in [0.2, 0.25) is 10.0 Å². The summed E-state index contributed by atoms with van der Waals surface area (Å²) in [4.78, 5) is -0.0305. The Morgan fingerprint density at radius 2 is 2.17 bits per heavy atom. The number of hydrogen-bond donors (Lipinski definition) is 2. The van der Waals surface area contributed by atoms with Gasteiger partial charge in [0, 0.05) is 25.0 Å². The summed E-state index contributed by atoms with van der Waals surface area (Å²) in [6.07, 6.45) is -0.475. The molecular weight excluding hydrogens is 264 g/mol. The summed E-state index contributed by atoms with van der Waals surface area (Å²) in [5.41, 5.74) is 6.17. The summed E-state index contributed by atoms with van der Waals surface area (Å²) in [6, 6.07) is 1.41. The zero-order valence-electron chi connectivity index (χ0n) is 10.1. The van der Waals surface area contributed by atoms with Gasteiger partial charge in [-0.1, -0.05) is 6.92 Å². The van der Waals surface area contributed by atoms with E-state index in [9.17, 15) is 17.2 Å². The molecule has 0 fully saturated rings. The maximum Gasteiger partial charge on any atom is 0.251 e. The average molecular weight is 281 g/mol. The van der Waals surface area contributed by atoms with Gasteiger partial charge in [0.15, 0.2) is 0 Å². The molecule has 0 unspecified atom stereocenters. The van der Waals surface area contributed by atoms with Crippen molar-refractivity contribution >= 4 is 10.0 Å². The van der Waals surface area contributed by atoms with Crippen LogP contribution < -0.4 is 10.5 Å². The number of aromatic nitrogens is 1. The van der Waals surface area contributed by atoms with Crippen molar-refractivity contribution in [1.82, 2.24) is 9.29 Å². The van der Waals surface area contributed by atoms with Crippen LogP contribution in [0.5, 0.6) is 0 Å². The minimum Gasteiger partial charge on any atom is -0.349 e. The van der Waals surface area contributed by atoms with E-state index < -0.39 is 23.0 Å². The molecule has 1 aromatic heterocycles. The van der Waals surface area contributed by atoms with Crippen LogP contribution in [0, 0.1) is 0 Å². The van der Waals surface area contributed by atoms with Crippen molar-refractivity contribution < 1.29 is 17.2 Å². The lowest BCUT2D eigenvalue weighted by Gasteiger charge is -2.04. The molecule has 0 saturated carbocycles. The Morgan fingerprint density at radius 3 is 2.67 bits per heavy atom. The van der Waals surface area contributed by atoms with E-state index in [-0.39, 0.29) is 11.4 Å². The van der Waals surface area contributed by atoms with Gasteiger partial charge in [0.1, 0.15) is 0 Å². The Balaban J connectivity index is 2.95. The van der Waals surface area contributed by atoms with Crippen LogP contribution in [0.1, 0.15) is 19.0 Å². The number of rotatable bonds is 7. The van der Waals surface area contributed by atoms with Crippen molar-refractivity contribution in [1.29, 1.82) is 0 Å². The molecule has 0 radical (unpaired) electrons. The summed E-state index contributed by atoms with van der Waals surface area (Å²) in [6.45, 7) is 1.89. The lowest BCUT2D eigenvalue weighted by atomic mass is 10.4. The van der Waals surface area contributed by atoms with E-state index in [1.165, 1.54) is 12.3 Å². The van der Waals surface area contributed by atoms with E-state index in [0.717, 1.165) is 6.42 Å². The Labute approximate surface area is 105 Å². The molecule has 0 saturated heterocycles. The van der Waals surface area contributed by atoms with E-state index in [1.54, 1.807) is 4.57 Å². The predicted molar refractivity (Wildman–Crippen MR) is 63.8 cm³/mol. The summed E-state index contributed by atoms with van der Waals surface area (Å²) in [7, 11) is -3.89. The highest BCUT2D eigenvalue weighted by atomic mass is 32.2. The molecule has 1 rings (SSSR count). The Bertz CT molecular complexity index is 485. The highest BCUT2D eigenvalue weighted by molar-refractivity contribution is 7.89. The number of nitrogens with two attached hydrogens (primary N) is 1. The van der Waals surface area contributed by atoms with Crippen LogP contribution in [0.15, 0.2) is 17.2 Å². The molecule has 0 atom stereocenters. The van der Waals surface area contributed by atoms with Gasteiger partial charge >= 0.3 is 0 Å². The molecule has 3 N–H and O–H groups in total. The van der Waals surface area contributed by atoms with Gasteiger partial charge in [-0.15, -0.1) is 0 Å². The van der Waals surface area contributed by atoms with Crippen LogP contribution in [0.25, 0.3) is 0 Å². The predicted octanol–water partition coefficient (Wildman–Crippen LogP) is 0.900. The van der Waals surface area contributed by atoms with E-state index in [1.807, 2.05) is 11.6 Å². The van der Waals surface area contributed by atoms with Gasteiger partial charge in [-0.2, -0.15) is 0 Å². The van der Waals surface area contributed by atoms with E-state index >= 15 is 0 Å². The first kappa shape index (κ1) is 15.1. The van der Waals surface area contributed by atoms with Gasteiger partial charge in [-0.3, -0.25) is 0 Å². The van der Waals surface area contributed by atoms with Gasteiger partial charge in [0.25, 0.3) is 6.43 Å². The standard InChI is InChI=1S/C10H17F2N3O2S/c1-2-3-15-7-9(4-8(15)5-13)18(16,17)14-6-10(11)12/h4,7,10,14H,2-3,5-6,13H2,1H3. The summed E-state index contributed by atoms with van der Waals surface area (Å²) in [5.74, 6) is 0. The minimum atomic E-state index is -3.89. The quantitative estimate of drug-likeness (QED) is 0.779. The van der Waals surface area contributed by atoms with E-state index in [4.69, 9.17) is 5.73 Å². The highest BCUT2D eigenvalue weighted by Gasteiger charge is 2.19. The number of alkyl halides is 2. The van der Waals surface area contributed by atoms with Gasteiger partial charge in [-0.05, 0) is 12.5 Å². The third kappa shape index (κ3) is 3.76. The second kappa shape index (κ2) is 6.26. The monoisotopic (exact) mass is 281 g/mol. The molecule has 5 nitrogen and oxygen atoms in total. The van der Waals surface area contributed by atoms with E-state index in [2.05, 4.69) is 0 Å². The molecule has 1 aromatic rings. The zero-order chi connectivity index (χ0) is 13.8. The molecule has 0 aromatic carbocycles. The number of halogens is 2. The maximum absolute atomic E-state index is 12.0. The highest BCUT2D eigenvalue weighted by Crippen LogP contribution is 2.15. The van der Waals surface area contributed by atoms with Crippen molar-refractivity contribution in [2.75, 3.05) is 6.54 Å². The number of hydrogen-bond acceptors (Lipinski definition) is 3. The van der Waals surface area contributed by atoms with Crippen molar-refractivity contribution in [3.8, 4) is 0 Å². The fourth-order valence-corrected chi connectivity index (χ4v) is 2.62. The second-order valence-electron chi connectivity index (χ2n) is 3.81. The van der Waals surface area contributed by atoms with Gasteiger partial charge < -0.3 is 10.3 Å². The van der Waals surface area contributed by atoms with Crippen LogP contribution in [-0.2, 0) is 23.1 Å². The fraction of sp³-hybridized carbons (Fsp3) is 0.600. The topological polar surface area (TPSA) is 77.1 Å². The summed E-state index contributed by atoms with van der Waals surface area (Å²) >= 11 is 0. The van der Waals surface area contributed by atoms with Gasteiger partial charge in [0.05, 0.1) is 11.4 Å². The molecule has 18 heavy (non-hydrogen) atoms. The van der Waals surface area contributed by atoms with Crippen molar-refractivity contribution in [2.45, 2.75) is 37.8 Å². The first-order chi connectivity index (χ1) is 8.40. The second-order valence-corrected chi connectivity index (χ2v) is 5.57. The molecule has 1 heterocycles. The molecule has 0 amide bonds. The smallest absolute Gasteiger partial charge is 0.251 e. The zero-order valence-corrected chi connectivity index (χ0v) is 10.9. The number of nitrogens with zero attached hydrogens (tertiary/aromatic N) is 1. The van der Waals surface area contributed by atoms with Crippen LogP contribution in [0.3, 0.4) is 0 Å². The molecular formula is C10H17F2N3O2S. The number of aryl methyl sites for hydroxylation is 1. The molecule has 104 valence electrons. The Hall–Kier alpha value is -0.990. The molecule has 0 bridgehead atoms. The van der Waals surface area contributed by atoms with Crippen LogP contribution in [0.4, 0.5) is 8.78 Å². The minimum absolute atomic E-state index is 0.0305. The number of nitrogens with one attached hydrogen (secondary N) is 1. The van der Waals surface area contributed by atoms with Gasteiger partial charge in [-0.25, -0.2) is 21.9 Å². The Kier molecular flexibility index (Phi) is 5.24. The largest absolute Gasteiger partial charge is 0.349 e. The van der Waals surface area contributed by atoms with Crippen molar-refractivity contribution in [2.24, 2.45) is 5.73 Å². The molecule has 0 spiro atoms. The molecule has 0 aliphatic rings. The number of sulfonamides is 1. The lowest BCUT2D eigenvalue weighted by Crippen LogP contribution is -2.28. The fourth-order valence-electron chi connectivity index (χ4n) is 1.55. The third-order valence-corrected chi connectivity index (χ3v) is 3.76. The first-order valence-corrected chi connectivity index (χ1v) is 7.06. The molecule has 0 aliphatic carbocycles.